The summed E-state index contributed by atoms with van der Waals surface area (Å²) < 4.78 is 19.3. The molecule has 0 aromatic heterocycles. The van der Waals surface area contributed by atoms with Gasteiger partial charge in [-0.1, -0.05) is 42.5 Å². The van der Waals surface area contributed by atoms with Crippen molar-refractivity contribution in [2.45, 2.75) is 51.7 Å². The summed E-state index contributed by atoms with van der Waals surface area (Å²) in [5, 5.41) is 0. The average Bonchev–Trinajstić information content (AvgIpc) is 2.95. The molecule has 1 atom stereocenters. The van der Waals surface area contributed by atoms with Crippen molar-refractivity contribution in [1.29, 1.82) is 0 Å². The molecule has 5 heteroatoms. The Balaban J connectivity index is 1.73. The number of imide groups is 1. The van der Waals surface area contributed by atoms with Crippen LogP contribution in [0.2, 0.25) is 0 Å². The maximum atomic E-state index is 13.9. The summed E-state index contributed by atoms with van der Waals surface area (Å²) in [6, 6.07) is 14.0. The fourth-order valence-electron chi connectivity index (χ4n) is 3.29. The summed E-state index contributed by atoms with van der Waals surface area (Å²) >= 11 is 0. The molecule has 4 nitrogen and oxygen atoms in total. The second-order valence-corrected chi connectivity index (χ2v) is 7.82. The van der Waals surface area contributed by atoms with Gasteiger partial charge in [0, 0.05) is 18.0 Å². The van der Waals surface area contributed by atoms with E-state index in [9.17, 15) is 14.0 Å². The minimum atomic E-state index is -0.647. The van der Waals surface area contributed by atoms with E-state index >= 15 is 0 Å². The molecule has 0 aliphatic carbocycles. The van der Waals surface area contributed by atoms with Crippen molar-refractivity contribution in [3.05, 3.63) is 59.9 Å². The Morgan fingerprint density at radius 1 is 1.15 bits per heavy atom. The summed E-state index contributed by atoms with van der Waals surface area (Å²) in [4.78, 5) is 25.8. The van der Waals surface area contributed by atoms with Gasteiger partial charge in [0.05, 0.1) is 0 Å². The molecule has 0 N–H and O–H groups in total. The van der Waals surface area contributed by atoms with Crippen molar-refractivity contribution in [3.63, 3.8) is 0 Å². The number of likely N-dealkylation sites (tertiary alicyclic amines) is 1. The van der Waals surface area contributed by atoms with Gasteiger partial charge in [-0.3, -0.25) is 4.79 Å². The van der Waals surface area contributed by atoms with Crippen LogP contribution in [-0.4, -0.2) is 28.5 Å². The molecule has 1 aliphatic heterocycles. The van der Waals surface area contributed by atoms with Crippen LogP contribution in [0.4, 0.5) is 9.18 Å². The smallest absolute Gasteiger partial charge is 0.417 e. The van der Waals surface area contributed by atoms with Crippen molar-refractivity contribution in [2.24, 2.45) is 0 Å². The van der Waals surface area contributed by atoms with E-state index < -0.39 is 11.7 Å². The highest BCUT2D eigenvalue weighted by Gasteiger charge is 2.38. The molecule has 0 spiro atoms. The molecule has 0 radical (unpaired) electrons. The average molecular weight is 369 g/mol. The van der Waals surface area contributed by atoms with E-state index in [1.807, 2.05) is 24.3 Å². The van der Waals surface area contributed by atoms with Crippen molar-refractivity contribution >= 4 is 12.0 Å². The lowest BCUT2D eigenvalue weighted by molar-refractivity contribution is -0.128. The molecule has 2 aromatic rings. The largest absolute Gasteiger partial charge is 0.443 e. The fourth-order valence-corrected chi connectivity index (χ4v) is 3.29. The molecule has 2 amide bonds. The highest BCUT2D eigenvalue weighted by atomic mass is 19.1. The van der Waals surface area contributed by atoms with E-state index in [2.05, 4.69) is 0 Å². The number of carbonyl (C=O) groups excluding carboxylic acids is 2. The highest BCUT2D eigenvalue weighted by molar-refractivity contribution is 5.94. The summed E-state index contributed by atoms with van der Waals surface area (Å²) in [6.45, 7) is 5.34. The van der Waals surface area contributed by atoms with Crippen molar-refractivity contribution in [3.8, 4) is 11.1 Å². The third kappa shape index (κ3) is 4.54. The van der Waals surface area contributed by atoms with Crippen LogP contribution in [0, 0.1) is 5.82 Å². The SMILES string of the molecule is CC(C)(C)OC(=O)N1C(=O)CC[C@H]1Cc1ccc(-c2ccccc2F)cc1. The number of carbonyl (C=O) groups is 2. The first-order valence-corrected chi connectivity index (χ1v) is 9.13. The standard InChI is InChI=1S/C22H24FNO3/c1-22(2,3)27-21(26)24-17(12-13-20(24)25)14-15-8-10-16(11-9-15)18-6-4-5-7-19(18)23/h4-11,17H,12-14H2,1-3H3/t17-/m0/s1. The summed E-state index contributed by atoms with van der Waals surface area (Å²) in [5.41, 5.74) is 1.69. The molecule has 27 heavy (non-hydrogen) atoms. The Labute approximate surface area is 158 Å². The Morgan fingerprint density at radius 2 is 1.81 bits per heavy atom. The number of hydrogen-bond acceptors (Lipinski definition) is 3. The van der Waals surface area contributed by atoms with Gasteiger partial charge in [0.25, 0.3) is 0 Å². The van der Waals surface area contributed by atoms with E-state index in [1.165, 1.54) is 11.0 Å². The number of halogens is 1. The molecule has 0 unspecified atom stereocenters. The number of rotatable bonds is 3. The Morgan fingerprint density at radius 3 is 2.44 bits per heavy atom. The predicted octanol–water partition coefficient (Wildman–Crippen LogP) is 4.96. The molecule has 3 rings (SSSR count). The minimum Gasteiger partial charge on any atom is -0.443 e. The summed E-state index contributed by atoms with van der Waals surface area (Å²) in [6.07, 6.45) is 0.936. The van der Waals surface area contributed by atoms with Gasteiger partial charge in [0.1, 0.15) is 11.4 Å². The third-order valence-corrected chi connectivity index (χ3v) is 4.53. The normalized spacial score (nSPS) is 17.3. The molecule has 0 bridgehead atoms. The van der Waals surface area contributed by atoms with Gasteiger partial charge < -0.3 is 4.74 Å². The van der Waals surface area contributed by atoms with Crippen molar-refractivity contribution in [2.75, 3.05) is 0 Å². The zero-order chi connectivity index (χ0) is 19.6. The zero-order valence-electron chi connectivity index (χ0n) is 15.9. The third-order valence-electron chi connectivity index (χ3n) is 4.53. The first kappa shape index (κ1) is 19.1. The Bertz CT molecular complexity index is 839. The lowest BCUT2D eigenvalue weighted by atomic mass is 9.99. The van der Waals surface area contributed by atoms with Gasteiger partial charge in [-0.2, -0.15) is 0 Å². The first-order valence-electron chi connectivity index (χ1n) is 9.13. The minimum absolute atomic E-state index is 0.197. The maximum Gasteiger partial charge on any atom is 0.417 e. The van der Waals surface area contributed by atoms with E-state index in [0.717, 1.165) is 11.1 Å². The maximum absolute atomic E-state index is 13.9. The van der Waals surface area contributed by atoms with E-state index in [4.69, 9.17) is 4.74 Å². The van der Waals surface area contributed by atoms with Crippen molar-refractivity contribution < 1.29 is 18.7 Å². The van der Waals surface area contributed by atoms with Crippen LogP contribution in [0.15, 0.2) is 48.5 Å². The molecule has 142 valence electrons. The van der Waals surface area contributed by atoms with Crippen LogP contribution < -0.4 is 0 Å². The quantitative estimate of drug-likeness (QED) is 0.768. The zero-order valence-corrected chi connectivity index (χ0v) is 15.9. The summed E-state index contributed by atoms with van der Waals surface area (Å²) in [5.74, 6) is -0.458. The lowest BCUT2D eigenvalue weighted by Crippen LogP contribution is -2.43. The van der Waals surface area contributed by atoms with Crippen LogP contribution in [0.5, 0.6) is 0 Å². The first-order chi connectivity index (χ1) is 12.7. The van der Waals surface area contributed by atoms with Crippen LogP contribution >= 0.6 is 0 Å². The molecule has 1 aliphatic rings. The van der Waals surface area contributed by atoms with E-state index in [1.54, 1.807) is 39.0 Å². The fraction of sp³-hybridized carbons (Fsp3) is 0.364. The number of benzene rings is 2. The predicted molar refractivity (Wildman–Crippen MR) is 102 cm³/mol. The van der Waals surface area contributed by atoms with Crippen LogP contribution in [0.3, 0.4) is 0 Å². The monoisotopic (exact) mass is 369 g/mol. The molecule has 1 heterocycles. The van der Waals surface area contributed by atoms with E-state index in [-0.39, 0.29) is 17.8 Å². The van der Waals surface area contributed by atoms with Gasteiger partial charge in [-0.15, -0.1) is 0 Å². The van der Waals surface area contributed by atoms with Gasteiger partial charge in [-0.25, -0.2) is 14.1 Å². The van der Waals surface area contributed by atoms with Gasteiger partial charge in [-0.05, 0) is 50.8 Å². The van der Waals surface area contributed by atoms with E-state index in [0.29, 0.717) is 24.8 Å². The second kappa shape index (κ2) is 7.51. The topological polar surface area (TPSA) is 46.6 Å². The molecule has 0 saturated carbocycles. The number of ether oxygens (including phenoxy) is 1. The second-order valence-electron chi connectivity index (χ2n) is 7.82. The number of nitrogens with zero attached hydrogens (tertiary/aromatic N) is 1. The summed E-state index contributed by atoms with van der Waals surface area (Å²) in [7, 11) is 0. The Hall–Kier alpha value is -2.69. The van der Waals surface area contributed by atoms with Crippen LogP contribution in [0.25, 0.3) is 11.1 Å². The van der Waals surface area contributed by atoms with Crippen LogP contribution in [-0.2, 0) is 16.0 Å². The molecule has 2 aromatic carbocycles. The van der Waals surface area contributed by atoms with Crippen molar-refractivity contribution in [1.82, 2.24) is 4.90 Å². The number of amides is 2. The van der Waals surface area contributed by atoms with Gasteiger partial charge >= 0.3 is 6.09 Å². The lowest BCUT2D eigenvalue weighted by Gasteiger charge is -2.27. The molecule has 1 fully saturated rings. The van der Waals surface area contributed by atoms with Crippen LogP contribution in [0.1, 0.15) is 39.2 Å². The van der Waals surface area contributed by atoms with Gasteiger partial charge in [0.15, 0.2) is 0 Å². The molecular weight excluding hydrogens is 345 g/mol. The van der Waals surface area contributed by atoms with Gasteiger partial charge in [0.2, 0.25) is 5.91 Å². The molecular formula is C22H24FNO3. The number of hydrogen-bond donors (Lipinski definition) is 0. The Kier molecular flexibility index (Phi) is 5.31. The highest BCUT2D eigenvalue weighted by Crippen LogP contribution is 2.27. The molecule has 1 saturated heterocycles.